The largest absolute Gasteiger partial charge is 0.321 e. The van der Waals surface area contributed by atoms with Gasteiger partial charge in [-0.2, -0.15) is 0 Å². The fraction of sp³-hybridized carbons (Fsp3) is 0.545. The Labute approximate surface area is 89.5 Å². The van der Waals surface area contributed by atoms with Crippen molar-refractivity contribution in [3.05, 3.63) is 28.5 Å². The van der Waals surface area contributed by atoms with Gasteiger partial charge in [-0.25, -0.2) is 4.98 Å². The zero-order valence-corrected chi connectivity index (χ0v) is 9.52. The summed E-state index contributed by atoms with van der Waals surface area (Å²) in [5.74, 6) is 0. The maximum atomic E-state index is 6.28. The van der Waals surface area contributed by atoms with Gasteiger partial charge in [-0.1, -0.05) is 25.4 Å². The molecule has 1 heterocycles. The smallest absolute Gasteiger partial charge is 0.131 e. The monoisotopic (exact) mass is 210 g/mol. The third-order valence-electron chi connectivity index (χ3n) is 3.33. The normalized spacial score (nSPS) is 28.9. The van der Waals surface area contributed by atoms with Crippen LogP contribution in [0.5, 0.6) is 0 Å². The molecule has 0 radical (unpaired) electrons. The van der Waals surface area contributed by atoms with Gasteiger partial charge >= 0.3 is 0 Å². The Morgan fingerprint density at radius 2 is 2.07 bits per heavy atom. The topological polar surface area (TPSA) is 38.9 Å². The van der Waals surface area contributed by atoms with Crippen molar-refractivity contribution in [3.63, 3.8) is 0 Å². The Hall–Kier alpha value is -0.600. The van der Waals surface area contributed by atoms with E-state index in [4.69, 9.17) is 17.3 Å². The minimum Gasteiger partial charge on any atom is -0.321 e. The molecule has 1 aromatic heterocycles. The van der Waals surface area contributed by atoms with Gasteiger partial charge in [0.05, 0.1) is 0 Å². The second-order valence-electron chi connectivity index (χ2n) is 4.86. The van der Waals surface area contributed by atoms with Crippen molar-refractivity contribution in [1.82, 2.24) is 4.98 Å². The van der Waals surface area contributed by atoms with Crippen molar-refractivity contribution >= 4 is 11.6 Å². The molecule has 0 bridgehead atoms. The first-order valence-electron chi connectivity index (χ1n) is 4.78. The number of halogens is 1. The van der Waals surface area contributed by atoms with Crippen LogP contribution in [-0.4, -0.2) is 4.98 Å². The summed E-state index contributed by atoms with van der Waals surface area (Å²) in [6.45, 7) is 6.31. The van der Waals surface area contributed by atoms with E-state index in [2.05, 4.69) is 18.8 Å². The van der Waals surface area contributed by atoms with Gasteiger partial charge in [-0.3, -0.25) is 0 Å². The third kappa shape index (κ3) is 1.25. The summed E-state index contributed by atoms with van der Waals surface area (Å²) in [6, 6.07) is 2.05. The van der Waals surface area contributed by atoms with Crippen LogP contribution >= 0.6 is 11.6 Å². The molecular formula is C11H15ClN2. The summed E-state index contributed by atoms with van der Waals surface area (Å²) in [4.78, 5) is 4.14. The van der Waals surface area contributed by atoms with E-state index in [9.17, 15) is 0 Å². The number of rotatable bonds is 1. The summed E-state index contributed by atoms with van der Waals surface area (Å²) < 4.78 is 0. The molecule has 1 unspecified atom stereocenters. The van der Waals surface area contributed by atoms with Crippen LogP contribution in [0.4, 0.5) is 0 Å². The van der Waals surface area contributed by atoms with E-state index in [0.717, 1.165) is 17.5 Å². The molecule has 0 spiro atoms. The summed E-state index contributed by atoms with van der Waals surface area (Å²) in [6.07, 6.45) is 2.81. The number of aryl methyl sites for hydroxylation is 1. The molecule has 14 heavy (non-hydrogen) atoms. The van der Waals surface area contributed by atoms with E-state index in [0.29, 0.717) is 5.15 Å². The third-order valence-corrected chi connectivity index (χ3v) is 3.73. The van der Waals surface area contributed by atoms with Gasteiger partial charge in [0.15, 0.2) is 0 Å². The zero-order chi connectivity index (χ0) is 10.6. The van der Waals surface area contributed by atoms with E-state index in [-0.39, 0.29) is 11.0 Å². The quantitative estimate of drug-likeness (QED) is 0.724. The Morgan fingerprint density at radius 3 is 2.50 bits per heavy atom. The van der Waals surface area contributed by atoms with Crippen LogP contribution in [-0.2, 0) is 5.54 Å². The number of aromatic nitrogens is 1. The predicted octanol–water partition coefficient (Wildman–Crippen LogP) is 2.63. The molecule has 1 aliphatic rings. The molecule has 1 atom stereocenters. The highest BCUT2D eigenvalue weighted by molar-refractivity contribution is 6.30. The van der Waals surface area contributed by atoms with Gasteiger partial charge in [0, 0.05) is 11.7 Å². The summed E-state index contributed by atoms with van der Waals surface area (Å²) in [5.41, 5.74) is 8.37. The van der Waals surface area contributed by atoms with Crippen molar-refractivity contribution in [2.75, 3.05) is 0 Å². The average molecular weight is 211 g/mol. The van der Waals surface area contributed by atoms with Gasteiger partial charge in [0.1, 0.15) is 5.15 Å². The molecule has 1 fully saturated rings. The highest BCUT2D eigenvalue weighted by atomic mass is 35.5. The summed E-state index contributed by atoms with van der Waals surface area (Å²) in [7, 11) is 0. The van der Waals surface area contributed by atoms with Crippen LogP contribution in [0, 0.1) is 12.3 Å². The first kappa shape index (κ1) is 9.94. The first-order valence-corrected chi connectivity index (χ1v) is 5.16. The van der Waals surface area contributed by atoms with E-state index in [1.807, 2.05) is 13.0 Å². The Kier molecular flexibility index (Phi) is 1.92. The minimum absolute atomic E-state index is 0.189. The molecule has 1 saturated carbocycles. The van der Waals surface area contributed by atoms with Crippen LogP contribution in [0.15, 0.2) is 12.3 Å². The lowest BCUT2D eigenvalue weighted by atomic mass is 9.98. The Morgan fingerprint density at radius 1 is 1.50 bits per heavy atom. The molecule has 2 rings (SSSR count). The van der Waals surface area contributed by atoms with Gasteiger partial charge < -0.3 is 5.73 Å². The van der Waals surface area contributed by atoms with Crippen LogP contribution < -0.4 is 5.73 Å². The minimum atomic E-state index is -0.199. The van der Waals surface area contributed by atoms with Crippen LogP contribution in [0.25, 0.3) is 0 Å². The SMILES string of the molecule is Cc1cc(C2(N)CC2(C)C)cnc1Cl. The molecule has 3 heteroatoms. The van der Waals surface area contributed by atoms with Gasteiger partial charge in [0.25, 0.3) is 0 Å². The average Bonchev–Trinajstić information content (AvgIpc) is 2.58. The lowest BCUT2D eigenvalue weighted by molar-refractivity contribution is 0.508. The van der Waals surface area contributed by atoms with Gasteiger partial charge in [-0.05, 0) is 36.0 Å². The van der Waals surface area contributed by atoms with Crippen molar-refractivity contribution in [1.29, 1.82) is 0 Å². The lowest BCUT2D eigenvalue weighted by Crippen LogP contribution is -2.25. The van der Waals surface area contributed by atoms with E-state index < -0.39 is 0 Å². The zero-order valence-electron chi connectivity index (χ0n) is 8.76. The molecule has 2 N–H and O–H groups in total. The Balaban J connectivity index is 2.40. The molecule has 0 amide bonds. The van der Waals surface area contributed by atoms with Crippen LogP contribution in [0.2, 0.25) is 5.15 Å². The number of hydrogen-bond donors (Lipinski definition) is 1. The van der Waals surface area contributed by atoms with Crippen LogP contribution in [0.3, 0.4) is 0 Å². The highest BCUT2D eigenvalue weighted by Gasteiger charge is 2.59. The van der Waals surface area contributed by atoms with Crippen molar-refractivity contribution in [2.24, 2.45) is 11.1 Å². The first-order chi connectivity index (χ1) is 6.37. The molecule has 0 aliphatic heterocycles. The maximum absolute atomic E-state index is 6.28. The fourth-order valence-corrected chi connectivity index (χ4v) is 2.05. The Bertz CT molecular complexity index is 387. The number of hydrogen-bond acceptors (Lipinski definition) is 2. The number of nitrogens with two attached hydrogens (primary N) is 1. The standard InChI is InChI=1S/C11H15ClN2/c1-7-4-8(5-14-9(7)12)11(13)6-10(11,2)3/h4-5H,6,13H2,1-3H3. The molecule has 76 valence electrons. The van der Waals surface area contributed by atoms with Crippen molar-refractivity contribution in [2.45, 2.75) is 32.7 Å². The predicted molar refractivity (Wildman–Crippen MR) is 58.2 cm³/mol. The van der Waals surface area contributed by atoms with Crippen molar-refractivity contribution in [3.8, 4) is 0 Å². The maximum Gasteiger partial charge on any atom is 0.131 e. The molecule has 2 nitrogen and oxygen atoms in total. The molecule has 0 aromatic carbocycles. The van der Waals surface area contributed by atoms with E-state index in [1.165, 1.54) is 0 Å². The molecule has 0 saturated heterocycles. The molecular weight excluding hydrogens is 196 g/mol. The number of nitrogens with zero attached hydrogens (tertiary/aromatic N) is 1. The van der Waals surface area contributed by atoms with Gasteiger partial charge in [0.2, 0.25) is 0 Å². The van der Waals surface area contributed by atoms with Gasteiger partial charge in [-0.15, -0.1) is 0 Å². The molecule has 1 aliphatic carbocycles. The van der Waals surface area contributed by atoms with E-state index in [1.54, 1.807) is 6.20 Å². The second kappa shape index (κ2) is 2.71. The lowest BCUT2D eigenvalue weighted by Gasteiger charge is -2.15. The second-order valence-corrected chi connectivity index (χ2v) is 5.22. The van der Waals surface area contributed by atoms with Crippen molar-refractivity contribution < 1.29 is 0 Å². The summed E-state index contributed by atoms with van der Waals surface area (Å²) >= 11 is 5.87. The fourth-order valence-electron chi connectivity index (χ4n) is 1.95. The van der Waals surface area contributed by atoms with E-state index >= 15 is 0 Å². The number of pyridine rings is 1. The highest BCUT2D eigenvalue weighted by Crippen LogP contribution is 2.60. The molecule has 1 aromatic rings. The van der Waals surface area contributed by atoms with Crippen LogP contribution in [0.1, 0.15) is 31.4 Å². The summed E-state index contributed by atoms with van der Waals surface area (Å²) in [5, 5.41) is 0.566.